The van der Waals surface area contributed by atoms with Crippen LogP contribution in [0.1, 0.15) is 44.7 Å². The average Bonchev–Trinajstić information content (AvgIpc) is 3.05. The standard InChI is InChI=1S/C14H20N4/c1-10(2)12-9-13-14(15-6-5-11-3-4-11)16-7-8-18(13)17-12/h7-11H,3-6H2,1-2H3,(H,15,16). The number of fused-ring (bicyclic) bond motifs is 1. The zero-order chi connectivity index (χ0) is 12.5. The lowest BCUT2D eigenvalue weighted by molar-refractivity contribution is 0.757. The Balaban J connectivity index is 1.80. The molecule has 0 unspecified atom stereocenters. The van der Waals surface area contributed by atoms with Crippen LogP contribution in [0.2, 0.25) is 0 Å². The number of hydrogen-bond acceptors (Lipinski definition) is 3. The van der Waals surface area contributed by atoms with Crippen molar-refractivity contribution in [3.05, 3.63) is 24.2 Å². The molecule has 0 saturated heterocycles. The highest BCUT2D eigenvalue weighted by atomic mass is 15.2. The SMILES string of the molecule is CC(C)c1cc2c(NCCC3CC3)nccn2n1. The van der Waals surface area contributed by atoms with Gasteiger partial charge in [0.25, 0.3) is 0 Å². The summed E-state index contributed by atoms with van der Waals surface area (Å²) in [5, 5.41) is 8.00. The highest BCUT2D eigenvalue weighted by Gasteiger charge is 2.20. The highest BCUT2D eigenvalue weighted by molar-refractivity contribution is 5.67. The van der Waals surface area contributed by atoms with Gasteiger partial charge in [-0.1, -0.05) is 26.7 Å². The first-order valence-electron chi connectivity index (χ1n) is 6.82. The number of hydrogen-bond donors (Lipinski definition) is 1. The van der Waals surface area contributed by atoms with Crippen LogP contribution in [0.25, 0.3) is 5.52 Å². The maximum Gasteiger partial charge on any atom is 0.152 e. The van der Waals surface area contributed by atoms with E-state index in [9.17, 15) is 0 Å². The fraction of sp³-hybridized carbons (Fsp3) is 0.571. The van der Waals surface area contributed by atoms with Crippen LogP contribution in [0.5, 0.6) is 0 Å². The van der Waals surface area contributed by atoms with Crippen molar-refractivity contribution >= 4 is 11.3 Å². The second-order valence-electron chi connectivity index (χ2n) is 5.49. The third-order valence-corrected chi connectivity index (χ3v) is 3.54. The molecule has 2 aromatic rings. The number of anilines is 1. The summed E-state index contributed by atoms with van der Waals surface area (Å²) in [6.07, 6.45) is 7.79. The number of nitrogens with zero attached hydrogens (tertiary/aromatic N) is 3. The summed E-state index contributed by atoms with van der Waals surface area (Å²) in [7, 11) is 0. The Morgan fingerprint density at radius 1 is 1.44 bits per heavy atom. The second kappa shape index (κ2) is 4.59. The molecule has 0 aliphatic heterocycles. The van der Waals surface area contributed by atoms with Gasteiger partial charge in [0.15, 0.2) is 5.82 Å². The molecule has 0 aromatic carbocycles. The van der Waals surface area contributed by atoms with Crippen molar-refractivity contribution in [3.8, 4) is 0 Å². The van der Waals surface area contributed by atoms with Gasteiger partial charge in [-0.2, -0.15) is 5.10 Å². The zero-order valence-electron chi connectivity index (χ0n) is 11.1. The fourth-order valence-corrected chi connectivity index (χ4v) is 2.16. The predicted molar refractivity (Wildman–Crippen MR) is 72.9 cm³/mol. The molecule has 0 spiro atoms. The third-order valence-electron chi connectivity index (χ3n) is 3.54. The Bertz CT molecular complexity index is 540. The molecule has 2 aromatic heterocycles. The molecule has 1 aliphatic rings. The topological polar surface area (TPSA) is 42.2 Å². The van der Waals surface area contributed by atoms with Crippen LogP contribution >= 0.6 is 0 Å². The molecule has 1 fully saturated rings. The maximum absolute atomic E-state index is 4.57. The van der Waals surface area contributed by atoms with Gasteiger partial charge in [0.1, 0.15) is 5.52 Å². The summed E-state index contributed by atoms with van der Waals surface area (Å²) in [5.74, 6) is 2.36. The lowest BCUT2D eigenvalue weighted by Crippen LogP contribution is -2.05. The maximum atomic E-state index is 4.57. The van der Waals surface area contributed by atoms with Gasteiger partial charge in [-0.25, -0.2) is 9.50 Å². The summed E-state index contributed by atoms with van der Waals surface area (Å²) >= 11 is 0. The Kier molecular flexibility index (Phi) is 2.94. The quantitative estimate of drug-likeness (QED) is 0.879. The average molecular weight is 244 g/mol. The molecule has 4 nitrogen and oxygen atoms in total. The first-order chi connectivity index (χ1) is 8.74. The van der Waals surface area contributed by atoms with Gasteiger partial charge in [0.2, 0.25) is 0 Å². The van der Waals surface area contributed by atoms with E-state index in [1.165, 1.54) is 19.3 Å². The van der Waals surface area contributed by atoms with E-state index in [2.05, 4.69) is 35.3 Å². The number of aromatic nitrogens is 3. The summed E-state index contributed by atoms with van der Waals surface area (Å²) < 4.78 is 1.92. The van der Waals surface area contributed by atoms with E-state index in [0.717, 1.165) is 29.5 Å². The summed E-state index contributed by atoms with van der Waals surface area (Å²) in [6.45, 7) is 5.34. The van der Waals surface area contributed by atoms with Gasteiger partial charge in [-0.3, -0.25) is 0 Å². The van der Waals surface area contributed by atoms with Gasteiger partial charge in [0.05, 0.1) is 5.69 Å². The van der Waals surface area contributed by atoms with Crippen molar-refractivity contribution < 1.29 is 0 Å². The summed E-state index contributed by atoms with van der Waals surface area (Å²) in [4.78, 5) is 4.42. The van der Waals surface area contributed by atoms with Crippen LogP contribution in [0.15, 0.2) is 18.5 Å². The van der Waals surface area contributed by atoms with E-state index in [4.69, 9.17) is 0 Å². The van der Waals surface area contributed by atoms with Crippen LogP contribution in [0.3, 0.4) is 0 Å². The first-order valence-corrected chi connectivity index (χ1v) is 6.82. The van der Waals surface area contributed by atoms with Crippen LogP contribution < -0.4 is 5.32 Å². The Hall–Kier alpha value is -1.58. The van der Waals surface area contributed by atoms with Crippen LogP contribution in [0, 0.1) is 5.92 Å². The van der Waals surface area contributed by atoms with Crippen LogP contribution in [-0.4, -0.2) is 21.1 Å². The highest BCUT2D eigenvalue weighted by Crippen LogP contribution is 2.32. The van der Waals surface area contributed by atoms with E-state index in [1.54, 1.807) is 0 Å². The second-order valence-corrected chi connectivity index (χ2v) is 5.49. The first kappa shape index (κ1) is 11.5. The molecule has 0 amide bonds. The molecule has 2 heterocycles. The smallest absolute Gasteiger partial charge is 0.152 e. The van der Waals surface area contributed by atoms with E-state index in [1.807, 2.05) is 16.9 Å². The van der Waals surface area contributed by atoms with Crippen molar-refractivity contribution in [2.45, 2.75) is 39.0 Å². The minimum atomic E-state index is 0.448. The van der Waals surface area contributed by atoms with E-state index >= 15 is 0 Å². The van der Waals surface area contributed by atoms with Crippen molar-refractivity contribution in [3.63, 3.8) is 0 Å². The van der Waals surface area contributed by atoms with Crippen LogP contribution in [0.4, 0.5) is 5.82 Å². The van der Waals surface area contributed by atoms with Crippen molar-refractivity contribution in [2.75, 3.05) is 11.9 Å². The Labute approximate surface area is 107 Å². The number of nitrogens with one attached hydrogen (secondary N) is 1. The van der Waals surface area contributed by atoms with Crippen molar-refractivity contribution in [1.82, 2.24) is 14.6 Å². The third kappa shape index (κ3) is 2.33. The fourth-order valence-electron chi connectivity index (χ4n) is 2.16. The van der Waals surface area contributed by atoms with Gasteiger partial charge < -0.3 is 5.32 Å². The molecule has 4 heteroatoms. The number of rotatable bonds is 5. The molecular weight excluding hydrogens is 224 g/mol. The molecule has 3 rings (SSSR count). The predicted octanol–water partition coefficient (Wildman–Crippen LogP) is 3.06. The van der Waals surface area contributed by atoms with Crippen LogP contribution in [-0.2, 0) is 0 Å². The largest absolute Gasteiger partial charge is 0.368 e. The lowest BCUT2D eigenvalue weighted by Gasteiger charge is -2.05. The van der Waals surface area contributed by atoms with E-state index in [0.29, 0.717) is 5.92 Å². The molecule has 96 valence electrons. The van der Waals surface area contributed by atoms with Gasteiger partial charge in [-0.15, -0.1) is 0 Å². The van der Waals surface area contributed by atoms with Gasteiger partial charge in [-0.05, 0) is 24.3 Å². The lowest BCUT2D eigenvalue weighted by atomic mass is 10.1. The van der Waals surface area contributed by atoms with Gasteiger partial charge in [0, 0.05) is 18.9 Å². The van der Waals surface area contributed by atoms with E-state index in [-0.39, 0.29) is 0 Å². The molecule has 1 N–H and O–H groups in total. The minimum Gasteiger partial charge on any atom is -0.368 e. The molecule has 0 radical (unpaired) electrons. The summed E-state index contributed by atoms with van der Waals surface area (Å²) in [6, 6.07) is 2.14. The van der Waals surface area contributed by atoms with Gasteiger partial charge >= 0.3 is 0 Å². The minimum absolute atomic E-state index is 0.448. The summed E-state index contributed by atoms with van der Waals surface area (Å²) in [5.41, 5.74) is 2.20. The molecule has 0 bridgehead atoms. The Morgan fingerprint density at radius 2 is 2.28 bits per heavy atom. The molecule has 18 heavy (non-hydrogen) atoms. The van der Waals surface area contributed by atoms with Crippen molar-refractivity contribution in [1.29, 1.82) is 0 Å². The molecule has 0 atom stereocenters. The monoisotopic (exact) mass is 244 g/mol. The molecule has 1 saturated carbocycles. The van der Waals surface area contributed by atoms with E-state index < -0.39 is 0 Å². The Morgan fingerprint density at radius 3 is 3.00 bits per heavy atom. The molecular formula is C14H20N4. The normalized spacial score (nSPS) is 15.5. The van der Waals surface area contributed by atoms with Crippen molar-refractivity contribution in [2.24, 2.45) is 5.92 Å². The molecule has 1 aliphatic carbocycles. The zero-order valence-corrected chi connectivity index (χ0v) is 11.1.